The maximum absolute atomic E-state index is 12.5. The number of Topliss-reactive ketones (excluding diaryl/α,β-unsaturated/α-hetero) is 1. The lowest BCUT2D eigenvalue weighted by molar-refractivity contribution is -0.114. The van der Waals surface area contributed by atoms with Crippen LogP contribution in [0.3, 0.4) is 0 Å². The van der Waals surface area contributed by atoms with Crippen molar-refractivity contribution in [1.29, 1.82) is 0 Å². The number of fused-ring (bicyclic) bond motifs is 1. The molecular formula is C21H24N4O2. The van der Waals surface area contributed by atoms with Gasteiger partial charge < -0.3 is 4.90 Å². The largest absolute Gasteiger partial charge is 0.369 e. The minimum atomic E-state index is -0.414. The Hall–Kier alpha value is -2.73. The average molecular weight is 364 g/mol. The number of aromatic nitrogens is 1. The van der Waals surface area contributed by atoms with Crippen LogP contribution in [0, 0.1) is 0 Å². The van der Waals surface area contributed by atoms with Crippen molar-refractivity contribution in [3.8, 4) is 0 Å². The minimum absolute atomic E-state index is 0.327. The fourth-order valence-electron chi connectivity index (χ4n) is 3.72. The van der Waals surface area contributed by atoms with Crippen molar-refractivity contribution in [3.05, 3.63) is 53.9 Å². The molecule has 0 unspecified atom stereocenters. The highest BCUT2D eigenvalue weighted by atomic mass is 16.2. The third-order valence-corrected chi connectivity index (χ3v) is 5.40. The number of hydrogen-bond acceptors (Lipinski definition) is 5. The van der Waals surface area contributed by atoms with Gasteiger partial charge in [0.15, 0.2) is 0 Å². The molecule has 2 aliphatic heterocycles. The van der Waals surface area contributed by atoms with E-state index >= 15 is 0 Å². The van der Waals surface area contributed by atoms with Gasteiger partial charge in [0.25, 0.3) is 5.78 Å². The highest BCUT2D eigenvalue weighted by Crippen LogP contribution is 2.32. The van der Waals surface area contributed by atoms with Crippen LogP contribution in [-0.4, -0.2) is 54.4 Å². The van der Waals surface area contributed by atoms with Crippen LogP contribution in [0.15, 0.2) is 42.7 Å². The summed E-state index contributed by atoms with van der Waals surface area (Å²) in [5.41, 5.74) is 3.54. The molecule has 1 saturated heterocycles. The van der Waals surface area contributed by atoms with Gasteiger partial charge in [-0.1, -0.05) is 19.9 Å². The van der Waals surface area contributed by atoms with Gasteiger partial charge in [0.05, 0.1) is 17.9 Å². The number of carbonyl (C=O) groups is 2. The molecule has 1 aromatic carbocycles. The van der Waals surface area contributed by atoms with Gasteiger partial charge in [-0.2, -0.15) is 0 Å². The predicted molar refractivity (Wildman–Crippen MR) is 105 cm³/mol. The second-order valence-electron chi connectivity index (χ2n) is 7.45. The van der Waals surface area contributed by atoms with Gasteiger partial charge in [-0.05, 0) is 35.7 Å². The summed E-state index contributed by atoms with van der Waals surface area (Å²) in [4.78, 5) is 35.2. The Balaban J connectivity index is 1.45. The Morgan fingerprint density at radius 2 is 1.70 bits per heavy atom. The van der Waals surface area contributed by atoms with Gasteiger partial charge in [0.2, 0.25) is 0 Å². The maximum atomic E-state index is 12.5. The van der Waals surface area contributed by atoms with Gasteiger partial charge in [0.1, 0.15) is 0 Å². The van der Waals surface area contributed by atoms with E-state index in [-0.39, 0.29) is 5.78 Å². The lowest BCUT2D eigenvalue weighted by Gasteiger charge is -2.37. The summed E-state index contributed by atoms with van der Waals surface area (Å²) in [6.07, 6.45) is 3.61. The molecule has 2 aliphatic rings. The zero-order valence-corrected chi connectivity index (χ0v) is 15.8. The Morgan fingerprint density at radius 3 is 2.37 bits per heavy atom. The average Bonchev–Trinajstić information content (AvgIpc) is 2.93. The quantitative estimate of drug-likeness (QED) is 0.781. The van der Waals surface area contributed by atoms with Gasteiger partial charge in [0, 0.05) is 44.3 Å². The SMILES string of the molecule is CC(C)c1ccc2c(c1)C(=O)C(=O)N2CN1CCN(c2ccncc2)CC1. The molecule has 0 atom stereocenters. The Labute approximate surface area is 159 Å². The van der Waals surface area contributed by atoms with Gasteiger partial charge >= 0.3 is 5.91 Å². The number of nitrogens with zero attached hydrogens (tertiary/aromatic N) is 4. The summed E-state index contributed by atoms with van der Waals surface area (Å²) in [6, 6.07) is 9.84. The zero-order valence-electron chi connectivity index (χ0n) is 15.8. The molecule has 6 heteroatoms. The predicted octanol–water partition coefficient (Wildman–Crippen LogP) is 2.51. The summed E-state index contributed by atoms with van der Waals surface area (Å²) in [5.74, 6) is -0.473. The van der Waals surface area contributed by atoms with E-state index in [0.29, 0.717) is 18.2 Å². The highest BCUT2D eigenvalue weighted by Gasteiger charge is 2.37. The van der Waals surface area contributed by atoms with Crippen LogP contribution in [0.5, 0.6) is 0 Å². The third-order valence-electron chi connectivity index (χ3n) is 5.40. The van der Waals surface area contributed by atoms with Crippen LogP contribution >= 0.6 is 0 Å². The molecule has 1 aromatic heterocycles. The fourth-order valence-corrected chi connectivity index (χ4v) is 3.72. The molecule has 1 fully saturated rings. The first kappa shape index (κ1) is 17.7. The number of piperazine rings is 1. The molecule has 0 spiro atoms. The van der Waals surface area contributed by atoms with E-state index in [2.05, 4.69) is 28.6 Å². The minimum Gasteiger partial charge on any atom is -0.369 e. The molecule has 1 amide bonds. The Bertz CT molecular complexity index is 858. The molecule has 0 radical (unpaired) electrons. The normalized spacial score (nSPS) is 17.7. The van der Waals surface area contributed by atoms with Gasteiger partial charge in [-0.3, -0.25) is 24.4 Å². The van der Waals surface area contributed by atoms with Crippen LogP contribution in [0.4, 0.5) is 11.4 Å². The first-order chi connectivity index (χ1) is 13.0. The monoisotopic (exact) mass is 364 g/mol. The molecule has 4 rings (SSSR count). The maximum Gasteiger partial charge on any atom is 0.300 e. The van der Waals surface area contributed by atoms with Gasteiger partial charge in [-0.15, -0.1) is 0 Å². The molecule has 0 bridgehead atoms. The van der Waals surface area contributed by atoms with Crippen molar-refractivity contribution >= 4 is 23.1 Å². The van der Waals surface area contributed by atoms with Crippen molar-refractivity contribution in [2.75, 3.05) is 42.6 Å². The van der Waals surface area contributed by atoms with Crippen LogP contribution < -0.4 is 9.80 Å². The second-order valence-corrected chi connectivity index (χ2v) is 7.45. The molecule has 0 saturated carbocycles. The number of carbonyl (C=O) groups excluding carboxylic acids is 2. The zero-order chi connectivity index (χ0) is 19.0. The van der Waals surface area contributed by atoms with Crippen LogP contribution in [0.1, 0.15) is 35.7 Å². The number of benzene rings is 1. The van der Waals surface area contributed by atoms with Crippen molar-refractivity contribution < 1.29 is 9.59 Å². The van der Waals surface area contributed by atoms with E-state index in [9.17, 15) is 9.59 Å². The van der Waals surface area contributed by atoms with E-state index in [0.717, 1.165) is 37.4 Å². The summed E-state index contributed by atoms with van der Waals surface area (Å²) in [7, 11) is 0. The first-order valence-electron chi connectivity index (χ1n) is 9.42. The lowest BCUT2D eigenvalue weighted by Crippen LogP contribution is -2.51. The molecule has 0 aliphatic carbocycles. The third kappa shape index (κ3) is 3.32. The van der Waals surface area contributed by atoms with E-state index in [1.807, 2.05) is 30.3 Å². The number of ketones is 1. The van der Waals surface area contributed by atoms with Crippen LogP contribution in [0.25, 0.3) is 0 Å². The first-order valence-corrected chi connectivity index (χ1v) is 9.42. The van der Waals surface area contributed by atoms with Crippen molar-refractivity contribution in [1.82, 2.24) is 9.88 Å². The molecule has 27 heavy (non-hydrogen) atoms. The number of anilines is 2. The number of pyridine rings is 1. The summed E-state index contributed by atoms with van der Waals surface area (Å²) in [5, 5.41) is 0. The van der Waals surface area contributed by atoms with E-state index < -0.39 is 5.91 Å². The van der Waals surface area contributed by atoms with E-state index in [1.54, 1.807) is 17.3 Å². The summed E-state index contributed by atoms with van der Waals surface area (Å²) >= 11 is 0. The Morgan fingerprint density at radius 1 is 1.00 bits per heavy atom. The summed E-state index contributed by atoms with van der Waals surface area (Å²) in [6.45, 7) is 8.10. The van der Waals surface area contributed by atoms with Crippen LogP contribution in [-0.2, 0) is 4.79 Å². The molecular weight excluding hydrogens is 340 g/mol. The number of amides is 1. The second kappa shape index (κ2) is 7.12. The van der Waals surface area contributed by atoms with E-state index in [1.165, 1.54) is 5.69 Å². The van der Waals surface area contributed by atoms with Gasteiger partial charge in [-0.25, -0.2) is 0 Å². The lowest BCUT2D eigenvalue weighted by atomic mass is 9.99. The van der Waals surface area contributed by atoms with Crippen LogP contribution in [0.2, 0.25) is 0 Å². The Kier molecular flexibility index (Phi) is 4.66. The molecule has 3 heterocycles. The molecule has 2 aromatic rings. The van der Waals surface area contributed by atoms with E-state index in [4.69, 9.17) is 0 Å². The number of hydrogen-bond donors (Lipinski definition) is 0. The van der Waals surface area contributed by atoms with Crippen molar-refractivity contribution in [2.45, 2.75) is 19.8 Å². The van der Waals surface area contributed by atoms with Crippen molar-refractivity contribution in [3.63, 3.8) is 0 Å². The summed E-state index contributed by atoms with van der Waals surface area (Å²) < 4.78 is 0. The molecule has 140 valence electrons. The molecule has 0 N–H and O–H groups in total. The fraction of sp³-hybridized carbons (Fsp3) is 0.381. The standard InChI is InChI=1S/C21H24N4O2/c1-15(2)16-3-4-19-18(13-16)20(26)21(27)25(19)14-23-9-11-24(12-10-23)17-5-7-22-8-6-17/h3-8,13,15H,9-12,14H2,1-2H3. The van der Waals surface area contributed by atoms with Crippen molar-refractivity contribution in [2.24, 2.45) is 0 Å². The molecule has 6 nitrogen and oxygen atoms in total. The number of rotatable bonds is 4. The smallest absolute Gasteiger partial charge is 0.300 e. The highest BCUT2D eigenvalue weighted by molar-refractivity contribution is 6.52. The topological polar surface area (TPSA) is 56.8 Å².